The molecule has 5 heteroatoms. The Morgan fingerprint density at radius 3 is 2.81 bits per heavy atom. The van der Waals surface area contributed by atoms with Crippen LogP contribution in [0.15, 0.2) is 34.4 Å². The third-order valence-corrected chi connectivity index (χ3v) is 3.57. The number of para-hydroxylation sites is 1. The van der Waals surface area contributed by atoms with Crippen LogP contribution < -0.4 is 5.32 Å². The van der Waals surface area contributed by atoms with Gasteiger partial charge in [-0.05, 0) is 34.5 Å². The number of hydrogen-bond donors (Lipinski definition) is 1. The number of benzene rings is 1. The largest absolute Gasteiger partial charge is 0.321 e. The number of nitrogens with zero attached hydrogens (tertiary/aromatic N) is 1. The Bertz CT molecular complexity index is 524. The summed E-state index contributed by atoms with van der Waals surface area (Å²) in [6.45, 7) is 1.96. The van der Waals surface area contributed by atoms with Crippen molar-refractivity contribution in [1.29, 1.82) is 0 Å². The van der Waals surface area contributed by atoms with Gasteiger partial charge in [-0.2, -0.15) is 0 Å². The zero-order chi connectivity index (χ0) is 11.5. The molecule has 0 fully saturated rings. The van der Waals surface area contributed by atoms with Crippen LogP contribution in [0, 0.1) is 6.92 Å². The SMILES string of the molecule is Cc1ccccc1NC(=O)c1cnc(Br)s1. The van der Waals surface area contributed by atoms with E-state index in [1.54, 1.807) is 6.20 Å². The van der Waals surface area contributed by atoms with E-state index in [1.807, 2.05) is 31.2 Å². The second-order valence-corrected chi connectivity index (χ2v) is 5.55. The van der Waals surface area contributed by atoms with Gasteiger partial charge in [0.1, 0.15) is 4.88 Å². The quantitative estimate of drug-likeness (QED) is 0.922. The molecule has 2 aromatic rings. The van der Waals surface area contributed by atoms with E-state index in [0.29, 0.717) is 8.79 Å². The molecule has 0 spiro atoms. The first kappa shape index (κ1) is 11.3. The standard InChI is InChI=1S/C11H9BrN2OS/c1-7-4-2-3-5-8(7)14-10(15)9-6-13-11(12)16-9/h2-6H,1H3,(H,14,15). The summed E-state index contributed by atoms with van der Waals surface area (Å²) in [6, 6.07) is 7.67. The molecule has 0 aliphatic heterocycles. The van der Waals surface area contributed by atoms with Crippen LogP contribution in [0.4, 0.5) is 5.69 Å². The van der Waals surface area contributed by atoms with E-state index >= 15 is 0 Å². The Morgan fingerprint density at radius 1 is 1.44 bits per heavy atom. The van der Waals surface area contributed by atoms with Crippen LogP contribution in [0.5, 0.6) is 0 Å². The molecule has 0 saturated carbocycles. The maximum atomic E-state index is 11.8. The van der Waals surface area contributed by atoms with Gasteiger partial charge in [0.05, 0.1) is 6.20 Å². The van der Waals surface area contributed by atoms with E-state index in [1.165, 1.54) is 11.3 Å². The van der Waals surface area contributed by atoms with E-state index in [-0.39, 0.29) is 5.91 Å². The molecule has 0 radical (unpaired) electrons. The molecule has 0 aliphatic carbocycles. The van der Waals surface area contributed by atoms with Gasteiger partial charge >= 0.3 is 0 Å². The van der Waals surface area contributed by atoms with Crippen LogP contribution in [0.3, 0.4) is 0 Å². The number of carbonyl (C=O) groups is 1. The fourth-order valence-corrected chi connectivity index (χ4v) is 2.42. The summed E-state index contributed by atoms with van der Waals surface area (Å²) in [5.41, 5.74) is 1.87. The Balaban J connectivity index is 2.17. The number of amides is 1. The number of carbonyl (C=O) groups excluding carboxylic acids is 1. The maximum Gasteiger partial charge on any atom is 0.267 e. The summed E-state index contributed by atoms with van der Waals surface area (Å²) in [6.07, 6.45) is 1.56. The fraction of sp³-hybridized carbons (Fsp3) is 0.0909. The number of aromatic nitrogens is 1. The van der Waals surface area contributed by atoms with Crippen molar-refractivity contribution in [3.63, 3.8) is 0 Å². The number of hydrogen-bond acceptors (Lipinski definition) is 3. The van der Waals surface area contributed by atoms with Gasteiger partial charge in [0, 0.05) is 5.69 Å². The molecule has 0 saturated heterocycles. The zero-order valence-electron chi connectivity index (χ0n) is 8.53. The number of rotatable bonds is 2. The highest BCUT2D eigenvalue weighted by Gasteiger charge is 2.10. The summed E-state index contributed by atoms with van der Waals surface area (Å²) in [4.78, 5) is 16.4. The lowest BCUT2D eigenvalue weighted by Gasteiger charge is -2.05. The second-order valence-electron chi connectivity index (χ2n) is 3.25. The van der Waals surface area contributed by atoms with Crippen LogP contribution in [0.2, 0.25) is 0 Å². The first-order valence-electron chi connectivity index (χ1n) is 4.65. The Kier molecular flexibility index (Phi) is 3.36. The summed E-state index contributed by atoms with van der Waals surface area (Å²) in [7, 11) is 0. The number of anilines is 1. The Labute approximate surface area is 106 Å². The third-order valence-electron chi connectivity index (χ3n) is 2.09. The van der Waals surface area contributed by atoms with Gasteiger partial charge in [-0.15, -0.1) is 11.3 Å². The highest BCUT2D eigenvalue weighted by Crippen LogP contribution is 2.20. The number of thiazole rings is 1. The predicted molar refractivity (Wildman–Crippen MR) is 68.9 cm³/mol. The summed E-state index contributed by atoms with van der Waals surface area (Å²) >= 11 is 4.54. The van der Waals surface area contributed by atoms with Crippen molar-refractivity contribution in [3.05, 3.63) is 44.8 Å². The molecule has 1 heterocycles. The smallest absolute Gasteiger partial charge is 0.267 e. The molecule has 82 valence electrons. The van der Waals surface area contributed by atoms with Gasteiger partial charge in [0.25, 0.3) is 5.91 Å². The molecule has 2 rings (SSSR count). The van der Waals surface area contributed by atoms with E-state index in [4.69, 9.17) is 0 Å². The summed E-state index contributed by atoms with van der Waals surface area (Å²) < 4.78 is 0.711. The van der Waals surface area contributed by atoms with Crippen LogP contribution in [0.1, 0.15) is 15.2 Å². The Morgan fingerprint density at radius 2 is 2.19 bits per heavy atom. The van der Waals surface area contributed by atoms with Gasteiger partial charge in [0.2, 0.25) is 0 Å². The van der Waals surface area contributed by atoms with Crippen molar-refractivity contribution >= 4 is 38.9 Å². The van der Waals surface area contributed by atoms with Crippen LogP contribution in [-0.4, -0.2) is 10.9 Å². The van der Waals surface area contributed by atoms with Gasteiger partial charge in [-0.1, -0.05) is 18.2 Å². The van der Waals surface area contributed by atoms with E-state index in [0.717, 1.165) is 11.3 Å². The predicted octanol–water partition coefficient (Wildman–Crippen LogP) is 3.47. The molecule has 1 amide bonds. The van der Waals surface area contributed by atoms with E-state index in [2.05, 4.69) is 26.2 Å². The topological polar surface area (TPSA) is 42.0 Å². The molecule has 3 nitrogen and oxygen atoms in total. The first-order valence-corrected chi connectivity index (χ1v) is 6.26. The summed E-state index contributed by atoms with van der Waals surface area (Å²) in [5.74, 6) is -0.127. The number of nitrogens with one attached hydrogen (secondary N) is 1. The lowest BCUT2D eigenvalue weighted by Crippen LogP contribution is -2.10. The van der Waals surface area contributed by atoms with Crippen molar-refractivity contribution in [2.45, 2.75) is 6.92 Å². The van der Waals surface area contributed by atoms with Crippen molar-refractivity contribution < 1.29 is 4.79 Å². The molecule has 0 aliphatic rings. The fourth-order valence-electron chi connectivity index (χ4n) is 1.25. The average molecular weight is 297 g/mol. The van der Waals surface area contributed by atoms with E-state index in [9.17, 15) is 4.79 Å². The Hall–Kier alpha value is -1.20. The van der Waals surface area contributed by atoms with Crippen molar-refractivity contribution in [2.24, 2.45) is 0 Å². The van der Waals surface area contributed by atoms with Gasteiger partial charge in [0.15, 0.2) is 3.92 Å². The van der Waals surface area contributed by atoms with Gasteiger partial charge < -0.3 is 5.32 Å². The van der Waals surface area contributed by atoms with Crippen molar-refractivity contribution in [2.75, 3.05) is 5.32 Å². The highest BCUT2D eigenvalue weighted by atomic mass is 79.9. The molecule has 0 bridgehead atoms. The normalized spacial score (nSPS) is 10.1. The summed E-state index contributed by atoms with van der Waals surface area (Å²) in [5, 5.41) is 2.85. The lowest BCUT2D eigenvalue weighted by molar-refractivity contribution is 0.103. The maximum absolute atomic E-state index is 11.8. The van der Waals surface area contributed by atoms with Crippen molar-refractivity contribution in [1.82, 2.24) is 4.98 Å². The molecular weight excluding hydrogens is 288 g/mol. The lowest BCUT2D eigenvalue weighted by atomic mass is 10.2. The number of halogens is 1. The molecule has 0 atom stereocenters. The van der Waals surface area contributed by atoms with Crippen LogP contribution >= 0.6 is 27.3 Å². The minimum Gasteiger partial charge on any atom is -0.321 e. The molecule has 1 aromatic heterocycles. The molecule has 1 aromatic carbocycles. The zero-order valence-corrected chi connectivity index (χ0v) is 10.9. The van der Waals surface area contributed by atoms with Crippen LogP contribution in [0.25, 0.3) is 0 Å². The third kappa shape index (κ3) is 2.48. The number of aryl methyl sites for hydroxylation is 1. The molecule has 1 N–H and O–H groups in total. The average Bonchev–Trinajstić information content (AvgIpc) is 2.68. The monoisotopic (exact) mass is 296 g/mol. The molecule has 16 heavy (non-hydrogen) atoms. The first-order chi connectivity index (χ1) is 7.66. The second kappa shape index (κ2) is 4.76. The minimum absolute atomic E-state index is 0.127. The molecular formula is C11H9BrN2OS. The minimum atomic E-state index is -0.127. The van der Waals surface area contributed by atoms with Gasteiger partial charge in [-0.25, -0.2) is 4.98 Å². The molecule has 0 unspecified atom stereocenters. The van der Waals surface area contributed by atoms with E-state index < -0.39 is 0 Å². The van der Waals surface area contributed by atoms with Crippen LogP contribution in [-0.2, 0) is 0 Å². The highest BCUT2D eigenvalue weighted by molar-refractivity contribution is 9.11. The van der Waals surface area contributed by atoms with Crippen molar-refractivity contribution in [3.8, 4) is 0 Å². The van der Waals surface area contributed by atoms with Gasteiger partial charge in [-0.3, -0.25) is 4.79 Å².